The molecule has 0 unspecified atom stereocenters. The van der Waals surface area contributed by atoms with Gasteiger partial charge in [0.25, 0.3) is 5.91 Å². The van der Waals surface area contributed by atoms with Crippen LogP contribution in [0.1, 0.15) is 32.6 Å². The zero-order valence-corrected chi connectivity index (χ0v) is 9.39. The minimum atomic E-state index is -0.866. The number of amides is 2. The van der Waals surface area contributed by atoms with E-state index < -0.39 is 5.97 Å². The van der Waals surface area contributed by atoms with E-state index in [0.29, 0.717) is 19.3 Å². The molecule has 0 aromatic carbocycles. The molecule has 0 heterocycles. The van der Waals surface area contributed by atoms with Crippen molar-refractivity contribution < 1.29 is 19.5 Å². The summed E-state index contributed by atoms with van der Waals surface area (Å²) in [7, 11) is 0. The van der Waals surface area contributed by atoms with Gasteiger partial charge in [0.05, 0.1) is 0 Å². The first-order valence-electron chi connectivity index (χ1n) is 5.26. The zero-order valence-electron chi connectivity index (χ0n) is 9.39. The number of allylic oxidation sites excluding steroid dienone is 1. The van der Waals surface area contributed by atoms with E-state index in [4.69, 9.17) is 5.11 Å². The molecule has 90 valence electrons. The van der Waals surface area contributed by atoms with Crippen LogP contribution in [0.3, 0.4) is 0 Å². The van der Waals surface area contributed by atoms with E-state index in [1.54, 1.807) is 6.08 Å². The van der Waals surface area contributed by atoms with Crippen LogP contribution < -0.4 is 0 Å². The molecule has 0 aliphatic rings. The highest BCUT2D eigenvalue weighted by Gasteiger charge is 2.08. The smallest absolute Gasteiger partial charge is 0.303 e. The van der Waals surface area contributed by atoms with Crippen LogP contribution in [-0.4, -0.2) is 34.8 Å². The van der Waals surface area contributed by atoms with Gasteiger partial charge in [-0.05, 0) is 25.3 Å². The Morgan fingerprint density at radius 1 is 1.31 bits per heavy atom. The fraction of sp³-hybridized carbons (Fsp3) is 0.545. The lowest BCUT2D eigenvalue weighted by atomic mass is 10.2. The summed E-state index contributed by atoms with van der Waals surface area (Å²) in [5, 5.41) is 8.40. The van der Waals surface area contributed by atoms with Crippen molar-refractivity contribution in [3.05, 3.63) is 12.2 Å². The number of carbonyl (C=O) groups excluding carboxylic acids is 2. The molecule has 1 N–H and O–H groups in total. The molecular weight excluding hydrogens is 210 g/mol. The normalized spacial score (nSPS) is 10.3. The van der Waals surface area contributed by atoms with Crippen molar-refractivity contribution in [3.63, 3.8) is 0 Å². The van der Waals surface area contributed by atoms with Crippen LogP contribution in [0.15, 0.2) is 12.2 Å². The molecule has 0 spiro atoms. The Morgan fingerprint density at radius 2 is 2.00 bits per heavy atom. The van der Waals surface area contributed by atoms with Crippen molar-refractivity contribution in [2.24, 2.45) is 0 Å². The third-order valence-electron chi connectivity index (χ3n) is 1.95. The maximum Gasteiger partial charge on any atom is 0.303 e. The summed E-state index contributed by atoms with van der Waals surface area (Å²) in [6.45, 7) is 2.16. The summed E-state index contributed by atoms with van der Waals surface area (Å²) >= 11 is 0. The van der Waals surface area contributed by atoms with Crippen LogP contribution >= 0.6 is 0 Å². The number of hydrogen-bond donors (Lipinski definition) is 1. The van der Waals surface area contributed by atoms with Gasteiger partial charge < -0.3 is 5.11 Å². The number of unbranched alkanes of at least 4 members (excludes halogenated alkanes) is 1. The first kappa shape index (κ1) is 14.3. The number of imide groups is 1. The third kappa shape index (κ3) is 6.75. The molecule has 0 saturated heterocycles. The summed E-state index contributed by atoms with van der Waals surface area (Å²) in [5.41, 5.74) is 0. The van der Waals surface area contributed by atoms with Crippen molar-refractivity contribution in [2.75, 3.05) is 6.54 Å². The Balaban J connectivity index is 3.91. The van der Waals surface area contributed by atoms with Crippen LogP contribution in [-0.2, 0) is 14.4 Å². The minimum absolute atomic E-state index is 0.0612. The SMILES string of the molecule is CC/C=C\C(=O)N(C=O)CCCCC(=O)O. The second kappa shape index (κ2) is 8.64. The van der Waals surface area contributed by atoms with Crippen molar-refractivity contribution in [3.8, 4) is 0 Å². The van der Waals surface area contributed by atoms with E-state index in [9.17, 15) is 14.4 Å². The molecule has 5 heteroatoms. The number of carbonyl (C=O) groups is 3. The maximum atomic E-state index is 11.4. The third-order valence-corrected chi connectivity index (χ3v) is 1.95. The van der Waals surface area contributed by atoms with E-state index in [1.165, 1.54) is 6.08 Å². The van der Waals surface area contributed by atoms with Gasteiger partial charge in [0.15, 0.2) is 0 Å². The molecule has 0 aliphatic carbocycles. The van der Waals surface area contributed by atoms with Gasteiger partial charge in [-0.15, -0.1) is 0 Å². The second-order valence-electron chi connectivity index (χ2n) is 3.30. The quantitative estimate of drug-likeness (QED) is 0.384. The van der Waals surface area contributed by atoms with Crippen LogP contribution in [0.25, 0.3) is 0 Å². The Kier molecular flexibility index (Phi) is 7.75. The molecule has 0 bridgehead atoms. The summed E-state index contributed by atoms with van der Waals surface area (Å²) < 4.78 is 0. The van der Waals surface area contributed by atoms with Crippen LogP contribution in [0.2, 0.25) is 0 Å². The highest BCUT2D eigenvalue weighted by molar-refractivity contribution is 5.94. The topological polar surface area (TPSA) is 74.7 Å². The Hall–Kier alpha value is -1.65. The molecule has 16 heavy (non-hydrogen) atoms. The molecule has 0 saturated carbocycles. The summed E-state index contributed by atoms with van der Waals surface area (Å²) in [6, 6.07) is 0. The van der Waals surface area contributed by atoms with E-state index >= 15 is 0 Å². The maximum absolute atomic E-state index is 11.4. The molecular formula is C11H17NO4. The fourth-order valence-electron chi connectivity index (χ4n) is 1.09. The Morgan fingerprint density at radius 3 is 2.50 bits per heavy atom. The number of rotatable bonds is 8. The van der Waals surface area contributed by atoms with Gasteiger partial charge in [-0.25, -0.2) is 0 Å². The highest BCUT2D eigenvalue weighted by atomic mass is 16.4. The predicted molar refractivity (Wildman–Crippen MR) is 58.7 cm³/mol. The van der Waals surface area contributed by atoms with Gasteiger partial charge in [-0.2, -0.15) is 0 Å². The minimum Gasteiger partial charge on any atom is -0.481 e. The lowest BCUT2D eigenvalue weighted by Crippen LogP contribution is -2.29. The Labute approximate surface area is 94.7 Å². The molecule has 0 rings (SSSR count). The summed E-state index contributed by atoms with van der Waals surface area (Å²) in [6.07, 6.45) is 5.27. The molecule has 0 fully saturated rings. The standard InChI is InChI=1S/C11H17NO4/c1-2-3-6-10(14)12(9-13)8-5-4-7-11(15)16/h3,6,9H,2,4-5,7-8H2,1H3,(H,15,16)/b6-3-. The largest absolute Gasteiger partial charge is 0.481 e. The average molecular weight is 227 g/mol. The zero-order chi connectivity index (χ0) is 12.4. The molecule has 2 amide bonds. The molecule has 0 aliphatic heterocycles. The average Bonchev–Trinajstić information content (AvgIpc) is 2.25. The van der Waals surface area contributed by atoms with Gasteiger partial charge in [-0.3, -0.25) is 19.3 Å². The van der Waals surface area contributed by atoms with Crippen molar-refractivity contribution >= 4 is 18.3 Å². The molecule has 0 atom stereocenters. The lowest BCUT2D eigenvalue weighted by molar-refractivity contribution is -0.137. The first-order valence-corrected chi connectivity index (χ1v) is 5.26. The van der Waals surface area contributed by atoms with Crippen molar-refractivity contribution in [1.29, 1.82) is 0 Å². The summed E-state index contributed by atoms with van der Waals surface area (Å²) in [4.78, 5) is 33.2. The molecule has 0 radical (unpaired) electrons. The molecule has 0 aromatic rings. The van der Waals surface area contributed by atoms with Gasteiger partial charge in [0, 0.05) is 13.0 Å². The number of nitrogens with zero attached hydrogens (tertiary/aromatic N) is 1. The van der Waals surface area contributed by atoms with Crippen molar-refractivity contribution in [2.45, 2.75) is 32.6 Å². The Bertz CT molecular complexity index is 273. The van der Waals surface area contributed by atoms with E-state index in [1.807, 2.05) is 6.92 Å². The molecule has 5 nitrogen and oxygen atoms in total. The van der Waals surface area contributed by atoms with Crippen LogP contribution in [0.4, 0.5) is 0 Å². The van der Waals surface area contributed by atoms with Crippen LogP contribution in [0, 0.1) is 0 Å². The summed E-state index contributed by atoms with van der Waals surface area (Å²) in [5.74, 6) is -1.22. The number of carboxylic acids is 1. The van der Waals surface area contributed by atoms with E-state index in [-0.39, 0.29) is 18.9 Å². The first-order chi connectivity index (χ1) is 7.61. The number of hydrogen-bond acceptors (Lipinski definition) is 3. The van der Waals surface area contributed by atoms with Crippen molar-refractivity contribution in [1.82, 2.24) is 4.90 Å². The molecule has 0 aromatic heterocycles. The van der Waals surface area contributed by atoms with E-state index in [2.05, 4.69) is 0 Å². The number of carboxylic acid groups (broad SMARTS) is 1. The monoisotopic (exact) mass is 227 g/mol. The predicted octanol–water partition coefficient (Wildman–Crippen LogP) is 1.19. The van der Waals surface area contributed by atoms with Gasteiger partial charge in [0.1, 0.15) is 0 Å². The van der Waals surface area contributed by atoms with Gasteiger partial charge >= 0.3 is 5.97 Å². The van der Waals surface area contributed by atoms with Crippen LogP contribution in [0.5, 0.6) is 0 Å². The highest BCUT2D eigenvalue weighted by Crippen LogP contribution is 1.99. The lowest BCUT2D eigenvalue weighted by Gasteiger charge is -2.12. The van der Waals surface area contributed by atoms with E-state index in [0.717, 1.165) is 11.3 Å². The second-order valence-corrected chi connectivity index (χ2v) is 3.30. The number of aliphatic carboxylic acids is 1. The fourth-order valence-corrected chi connectivity index (χ4v) is 1.09. The van der Waals surface area contributed by atoms with Gasteiger partial charge in [0.2, 0.25) is 6.41 Å². The van der Waals surface area contributed by atoms with Gasteiger partial charge in [-0.1, -0.05) is 13.0 Å².